The van der Waals surface area contributed by atoms with Crippen LogP contribution in [0.3, 0.4) is 0 Å². The van der Waals surface area contributed by atoms with E-state index in [0.717, 1.165) is 17.5 Å². The number of H-pyrrole nitrogens is 1. The lowest BCUT2D eigenvalue weighted by atomic mass is 9.86. The molecule has 7 nitrogen and oxygen atoms in total. The van der Waals surface area contributed by atoms with Crippen LogP contribution in [0, 0.1) is 0 Å². The van der Waals surface area contributed by atoms with Gasteiger partial charge >= 0.3 is 0 Å². The Kier molecular flexibility index (Phi) is 6.30. The number of aromatic nitrogens is 2. The molecule has 2 heterocycles. The Morgan fingerprint density at radius 3 is 2.43 bits per heavy atom. The molecule has 5 rings (SSSR count). The van der Waals surface area contributed by atoms with Crippen molar-refractivity contribution < 1.29 is 14.3 Å². The van der Waals surface area contributed by atoms with Crippen molar-refractivity contribution in [1.29, 1.82) is 0 Å². The van der Waals surface area contributed by atoms with E-state index in [0.29, 0.717) is 29.5 Å². The normalized spacial score (nSPS) is 14.7. The molecular weight excluding hydrogens is 442 g/mol. The summed E-state index contributed by atoms with van der Waals surface area (Å²) in [7, 11) is 1.57. The third-order valence-electron chi connectivity index (χ3n) is 6.08. The van der Waals surface area contributed by atoms with Crippen LogP contribution >= 0.6 is 0 Å². The van der Waals surface area contributed by atoms with E-state index in [9.17, 15) is 9.59 Å². The number of amides is 1. The van der Waals surface area contributed by atoms with Crippen molar-refractivity contribution in [3.8, 4) is 22.9 Å². The van der Waals surface area contributed by atoms with Gasteiger partial charge in [0, 0.05) is 24.3 Å². The van der Waals surface area contributed by atoms with Gasteiger partial charge in [0.1, 0.15) is 11.6 Å². The number of fused-ring (bicyclic) bond motifs is 1. The molecule has 0 bridgehead atoms. The number of methoxy groups -OCH3 is 1. The molecule has 0 saturated heterocycles. The Morgan fingerprint density at radius 1 is 0.943 bits per heavy atom. The number of benzene rings is 3. The van der Waals surface area contributed by atoms with E-state index in [-0.39, 0.29) is 23.7 Å². The maximum Gasteiger partial charge on any atom is 0.257 e. The summed E-state index contributed by atoms with van der Waals surface area (Å²) >= 11 is 0. The second kappa shape index (κ2) is 9.85. The molecular formula is C28H25N3O4. The zero-order valence-corrected chi connectivity index (χ0v) is 19.3. The van der Waals surface area contributed by atoms with Crippen LogP contribution in [0.15, 0.2) is 83.7 Å². The quantitative estimate of drug-likeness (QED) is 0.416. The maximum absolute atomic E-state index is 13.1. The van der Waals surface area contributed by atoms with E-state index in [2.05, 4.69) is 27.4 Å². The van der Waals surface area contributed by atoms with E-state index < -0.39 is 5.92 Å². The van der Waals surface area contributed by atoms with Crippen LogP contribution in [0.4, 0.5) is 5.82 Å². The summed E-state index contributed by atoms with van der Waals surface area (Å²) in [4.78, 5) is 33.1. The molecule has 1 atom stereocenters. The molecule has 0 saturated carbocycles. The highest BCUT2D eigenvalue weighted by Gasteiger charge is 2.31. The minimum atomic E-state index is -0.452. The molecule has 0 aliphatic carbocycles. The Labute approximate surface area is 202 Å². The molecule has 3 aromatic carbocycles. The summed E-state index contributed by atoms with van der Waals surface area (Å²) in [6, 6.07) is 25.0. The van der Waals surface area contributed by atoms with Crippen molar-refractivity contribution in [2.24, 2.45) is 0 Å². The standard InChI is InChI=1S/C28H25N3O4/c1-34-23-16-20(12-13-22(23)35-15-14-18-8-4-2-5-9-18)21-17-24(32)29-27-25(21)28(33)31-26(30-27)19-10-6-3-7-11-19/h2-13,16,21H,14-15,17H2,1H3,(H2,29,30,31,32,33). The second-order valence-corrected chi connectivity index (χ2v) is 8.34. The number of anilines is 1. The monoisotopic (exact) mass is 467 g/mol. The van der Waals surface area contributed by atoms with Crippen LogP contribution in [-0.4, -0.2) is 29.6 Å². The van der Waals surface area contributed by atoms with Crippen molar-refractivity contribution >= 4 is 11.7 Å². The number of hydrogen-bond donors (Lipinski definition) is 2. The highest BCUT2D eigenvalue weighted by atomic mass is 16.5. The smallest absolute Gasteiger partial charge is 0.257 e. The van der Waals surface area contributed by atoms with Crippen LogP contribution in [-0.2, 0) is 11.2 Å². The van der Waals surface area contributed by atoms with Crippen molar-refractivity contribution in [3.63, 3.8) is 0 Å². The maximum atomic E-state index is 13.1. The number of hydrogen-bond acceptors (Lipinski definition) is 5. The zero-order chi connectivity index (χ0) is 24.2. The average Bonchev–Trinajstić information content (AvgIpc) is 2.89. The first-order valence-corrected chi connectivity index (χ1v) is 11.5. The van der Waals surface area contributed by atoms with Crippen molar-refractivity contribution in [2.75, 3.05) is 19.0 Å². The Bertz CT molecular complexity index is 1400. The highest BCUT2D eigenvalue weighted by molar-refractivity contribution is 5.94. The zero-order valence-electron chi connectivity index (χ0n) is 19.3. The largest absolute Gasteiger partial charge is 0.493 e. The Balaban J connectivity index is 1.43. The molecule has 1 aliphatic rings. The predicted octanol–water partition coefficient (Wildman–Crippen LogP) is 4.54. The van der Waals surface area contributed by atoms with Crippen LogP contribution in [0.2, 0.25) is 0 Å². The molecule has 4 aromatic rings. The summed E-state index contributed by atoms with van der Waals surface area (Å²) in [5.41, 5.74) is 2.90. The molecule has 0 spiro atoms. The van der Waals surface area contributed by atoms with Crippen LogP contribution in [0.1, 0.15) is 29.0 Å². The Morgan fingerprint density at radius 2 is 1.69 bits per heavy atom. The first kappa shape index (κ1) is 22.4. The summed E-state index contributed by atoms with van der Waals surface area (Å²) in [6.45, 7) is 0.500. The minimum absolute atomic E-state index is 0.139. The fraction of sp³-hybridized carbons (Fsp3) is 0.179. The van der Waals surface area contributed by atoms with Gasteiger partial charge in [-0.15, -0.1) is 0 Å². The number of nitrogens with one attached hydrogen (secondary N) is 2. The average molecular weight is 468 g/mol. The Hall–Kier alpha value is -4.39. The first-order chi connectivity index (χ1) is 17.1. The molecule has 1 amide bonds. The number of ether oxygens (including phenoxy) is 2. The molecule has 176 valence electrons. The van der Waals surface area contributed by atoms with E-state index in [4.69, 9.17) is 9.47 Å². The van der Waals surface area contributed by atoms with Gasteiger partial charge in [0.15, 0.2) is 11.5 Å². The molecule has 7 heteroatoms. The second-order valence-electron chi connectivity index (χ2n) is 8.34. The molecule has 2 N–H and O–H groups in total. The molecule has 1 unspecified atom stereocenters. The molecule has 0 radical (unpaired) electrons. The van der Waals surface area contributed by atoms with Gasteiger partial charge in [0.2, 0.25) is 5.91 Å². The summed E-state index contributed by atoms with van der Waals surface area (Å²) < 4.78 is 11.5. The number of carbonyl (C=O) groups excluding carboxylic acids is 1. The minimum Gasteiger partial charge on any atom is -0.493 e. The van der Waals surface area contributed by atoms with Gasteiger partial charge in [-0.05, 0) is 23.3 Å². The number of aromatic amines is 1. The SMILES string of the molecule is COc1cc(C2CC(=O)Nc3nc(-c4ccccc4)[nH]c(=O)c32)ccc1OCCc1ccccc1. The third-order valence-corrected chi connectivity index (χ3v) is 6.08. The fourth-order valence-corrected chi connectivity index (χ4v) is 4.33. The van der Waals surface area contributed by atoms with Crippen molar-refractivity contribution in [1.82, 2.24) is 9.97 Å². The number of nitrogens with zero attached hydrogens (tertiary/aromatic N) is 1. The van der Waals surface area contributed by atoms with E-state index >= 15 is 0 Å². The van der Waals surface area contributed by atoms with E-state index in [1.165, 1.54) is 5.56 Å². The molecule has 35 heavy (non-hydrogen) atoms. The number of rotatable bonds is 7. The third kappa shape index (κ3) is 4.80. The van der Waals surface area contributed by atoms with Gasteiger partial charge in [0.05, 0.1) is 19.3 Å². The van der Waals surface area contributed by atoms with Gasteiger partial charge in [0.25, 0.3) is 5.56 Å². The van der Waals surface area contributed by atoms with Gasteiger partial charge < -0.3 is 19.8 Å². The summed E-state index contributed by atoms with van der Waals surface area (Å²) in [5.74, 6) is 1.22. The van der Waals surface area contributed by atoms with Crippen LogP contribution < -0.4 is 20.3 Å². The van der Waals surface area contributed by atoms with Crippen LogP contribution in [0.5, 0.6) is 11.5 Å². The summed E-state index contributed by atoms with van der Waals surface area (Å²) in [6.07, 6.45) is 0.909. The van der Waals surface area contributed by atoms with Crippen LogP contribution in [0.25, 0.3) is 11.4 Å². The molecule has 1 aromatic heterocycles. The molecule has 1 aliphatic heterocycles. The van der Waals surface area contributed by atoms with E-state index in [1.807, 2.05) is 66.7 Å². The lowest BCUT2D eigenvalue weighted by molar-refractivity contribution is -0.116. The topological polar surface area (TPSA) is 93.3 Å². The van der Waals surface area contributed by atoms with E-state index in [1.54, 1.807) is 7.11 Å². The van der Waals surface area contributed by atoms with Gasteiger partial charge in [-0.1, -0.05) is 66.7 Å². The highest BCUT2D eigenvalue weighted by Crippen LogP contribution is 2.38. The predicted molar refractivity (Wildman–Crippen MR) is 134 cm³/mol. The lowest BCUT2D eigenvalue weighted by Gasteiger charge is -2.25. The lowest BCUT2D eigenvalue weighted by Crippen LogP contribution is -2.31. The van der Waals surface area contributed by atoms with Gasteiger partial charge in [-0.25, -0.2) is 4.98 Å². The van der Waals surface area contributed by atoms with Gasteiger partial charge in [-0.3, -0.25) is 9.59 Å². The number of carbonyl (C=O) groups is 1. The molecule has 0 fully saturated rings. The summed E-state index contributed by atoms with van der Waals surface area (Å²) in [5, 5.41) is 2.77. The van der Waals surface area contributed by atoms with Crippen molar-refractivity contribution in [2.45, 2.75) is 18.8 Å². The van der Waals surface area contributed by atoms with Crippen molar-refractivity contribution in [3.05, 3.63) is 106 Å². The first-order valence-electron chi connectivity index (χ1n) is 11.5. The van der Waals surface area contributed by atoms with Gasteiger partial charge in [-0.2, -0.15) is 0 Å². The fourth-order valence-electron chi connectivity index (χ4n) is 4.33.